The van der Waals surface area contributed by atoms with Crippen molar-refractivity contribution >= 4 is 34.7 Å². The Hall–Kier alpha value is -0.990. The molecule has 4 heteroatoms. The zero-order chi connectivity index (χ0) is 11.4. The van der Waals surface area contributed by atoms with Crippen molar-refractivity contribution in [2.24, 2.45) is 0 Å². The number of hydrogen-bond acceptors (Lipinski definition) is 2. The van der Waals surface area contributed by atoms with Crippen LogP contribution in [0.1, 0.15) is 12.5 Å². The molecule has 0 radical (unpaired) electrons. The van der Waals surface area contributed by atoms with Gasteiger partial charge in [0.15, 0.2) is 0 Å². The normalized spacial score (nSPS) is 11.3. The van der Waals surface area contributed by atoms with Gasteiger partial charge in [0.05, 0.1) is 7.11 Å². The smallest absolute Gasteiger partial charge is 0.330 e. The molecule has 0 fully saturated rings. The first-order valence-corrected chi connectivity index (χ1v) is 5.02. The van der Waals surface area contributed by atoms with Gasteiger partial charge in [-0.25, -0.2) is 4.79 Å². The van der Waals surface area contributed by atoms with Gasteiger partial charge in [-0.2, -0.15) is 0 Å². The number of allylic oxidation sites excluding steroid dienone is 1. The number of benzene rings is 1. The summed E-state index contributed by atoms with van der Waals surface area (Å²) in [6.45, 7) is 1.77. The number of carbonyl (C=O) groups excluding carboxylic acids is 1. The monoisotopic (exact) mass is 244 g/mol. The number of halogens is 2. The molecule has 2 nitrogen and oxygen atoms in total. The molecule has 0 atom stereocenters. The minimum atomic E-state index is -0.413. The highest BCUT2D eigenvalue weighted by atomic mass is 35.5. The summed E-state index contributed by atoms with van der Waals surface area (Å²) in [5.41, 5.74) is 1.45. The molecular formula is C11H10Cl2O2. The molecule has 0 unspecified atom stereocenters. The van der Waals surface area contributed by atoms with Crippen LogP contribution in [-0.2, 0) is 9.53 Å². The molecular weight excluding hydrogens is 235 g/mol. The molecule has 1 aromatic carbocycles. The average Bonchev–Trinajstić information content (AvgIpc) is 2.21. The van der Waals surface area contributed by atoms with E-state index in [4.69, 9.17) is 23.2 Å². The Labute approximate surface area is 98.4 Å². The maximum Gasteiger partial charge on any atom is 0.330 e. The van der Waals surface area contributed by atoms with E-state index in [9.17, 15) is 4.79 Å². The van der Waals surface area contributed by atoms with Crippen molar-refractivity contribution < 1.29 is 9.53 Å². The summed E-state index contributed by atoms with van der Waals surface area (Å²) in [6.07, 6.45) is 1.37. The maximum atomic E-state index is 11.0. The van der Waals surface area contributed by atoms with Crippen LogP contribution in [0.3, 0.4) is 0 Å². The van der Waals surface area contributed by atoms with Gasteiger partial charge in [0.2, 0.25) is 0 Å². The van der Waals surface area contributed by atoms with E-state index in [-0.39, 0.29) is 0 Å². The van der Waals surface area contributed by atoms with E-state index < -0.39 is 5.97 Å². The third kappa shape index (κ3) is 3.26. The molecule has 1 rings (SSSR count). The van der Waals surface area contributed by atoms with Gasteiger partial charge in [0, 0.05) is 16.1 Å². The lowest BCUT2D eigenvalue weighted by Crippen LogP contribution is -1.96. The Kier molecular flexibility index (Phi) is 4.18. The Morgan fingerprint density at radius 1 is 1.40 bits per heavy atom. The summed E-state index contributed by atoms with van der Waals surface area (Å²) >= 11 is 11.8. The van der Waals surface area contributed by atoms with Crippen LogP contribution in [0.5, 0.6) is 0 Å². The van der Waals surface area contributed by atoms with Gasteiger partial charge in [-0.15, -0.1) is 0 Å². The molecule has 0 bridgehead atoms. The summed E-state index contributed by atoms with van der Waals surface area (Å²) in [5, 5.41) is 1.13. The Bertz CT molecular complexity index is 411. The molecule has 0 aliphatic heterocycles. The first kappa shape index (κ1) is 12.1. The van der Waals surface area contributed by atoms with E-state index in [2.05, 4.69) is 4.74 Å². The Balaban J connectivity index is 3.10. The number of methoxy groups -OCH3 is 1. The Morgan fingerprint density at radius 3 is 2.67 bits per heavy atom. The molecule has 1 aromatic rings. The van der Waals surface area contributed by atoms with Crippen molar-refractivity contribution in [1.82, 2.24) is 0 Å². The molecule has 0 amide bonds. The number of esters is 1. The number of rotatable bonds is 2. The lowest BCUT2D eigenvalue weighted by molar-refractivity contribution is -0.134. The van der Waals surface area contributed by atoms with Crippen LogP contribution in [0.2, 0.25) is 10.0 Å². The molecule has 0 saturated heterocycles. The molecule has 0 aliphatic rings. The highest BCUT2D eigenvalue weighted by Gasteiger charge is 2.05. The van der Waals surface area contributed by atoms with Crippen molar-refractivity contribution in [2.75, 3.05) is 7.11 Å². The largest absolute Gasteiger partial charge is 0.466 e. The molecule has 0 saturated carbocycles. The molecule has 0 heterocycles. The quantitative estimate of drug-likeness (QED) is 0.588. The van der Waals surface area contributed by atoms with Gasteiger partial charge in [-0.3, -0.25) is 0 Å². The molecule has 0 aliphatic carbocycles. The van der Waals surface area contributed by atoms with Crippen LogP contribution in [-0.4, -0.2) is 13.1 Å². The van der Waals surface area contributed by atoms with E-state index in [1.54, 1.807) is 25.1 Å². The molecule has 0 N–H and O–H groups in total. The fourth-order valence-corrected chi connectivity index (χ4v) is 1.55. The lowest BCUT2D eigenvalue weighted by atomic mass is 10.1. The predicted molar refractivity (Wildman–Crippen MR) is 62.1 cm³/mol. The topological polar surface area (TPSA) is 26.3 Å². The van der Waals surface area contributed by atoms with Crippen molar-refractivity contribution in [2.45, 2.75) is 6.92 Å². The van der Waals surface area contributed by atoms with E-state index >= 15 is 0 Å². The van der Waals surface area contributed by atoms with Crippen LogP contribution < -0.4 is 0 Å². The second kappa shape index (κ2) is 5.19. The van der Waals surface area contributed by atoms with E-state index in [0.717, 1.165) is 5.56 Å². The third-order valence-corrected chi connectivity index (χ3v) is 2.45. The number of carbonyl (C=O) groups is 1. The molecule has 80 valence electrons. The van der Waals surface area contributed by atoms with E-state index in [1.807, 2.05) is 0 Å². The first-order chi connectivity index (χ1) is 7.04. The predicted octanol–water partition coefficient (Wildman–Crippen LogP) is 3.57. The number of hydrogen-bond donors (Lipinski definition) is 0. The van der Waals surface area contributed by atoms with Crippen LogP contribution in [0.4, 0.5) is 0 Å². The number of ether oxygens (including phenoxy) is 1. The van der Waals surface area contributed by atoms with Gasteiger partial charge in [0.1, 0.15) is 0 Å². The molecule has 0 spiro atoms. The second-order valence-corrected chi connectivity index (χ2v) is 3.82. The van der Waals surface area contributed by atoms with E-state index in [1.165, 1.54) is 13.2 Å². The van der Waals surface area contributed by atoms with E-state index in [0.29, 0.717) is 15.6 Å². The van der Waals surface area contributed by atoms with Crippen molar-refractivity contribution in [1.29, 1.82) is 0 Å². The summed E-state index contributed by atoms with van der Waals surface area (Å²) < 4.78 is 4.52. The fraction of sp³-hybridized carbons (Fsp3) is 0.182. The van der Waals surface area contributed by atoms with Crippen molar-refractivity contribution in [3.05, 3.63) is 39.9 Å². The van der Waals surface area contributed by atoms with Crippen molar-refractivity contribution in [3.63, 3.8) is 0 Å². The summed E-state index contributed by atoms with van der Waals surface area (Å²) in [5.74, 6) is -0.413. The van der Waals surface area contributed by atoms with Crippen LogP contribution >= 0.6 is 23.2 Å². The van der Waals surface area contributed by atoms with Gasteiger partial charge in [0.25, 0.3) is 0 Å². The minimum absolute atomic E-state index is 0.413. The Morgan fingerprint density at radius 2 is 2.07 bits per heavy atom. The molecule has 15 heavy (non-hydrogen) atoms. The first-order valence-electron chi connectivity index (χ1n) is 4.26. The average molecular weight is 245 g/mol. The zero-order valence-corrected chi connectivity index (χ0v) is 9.89. The lowest BCUT2D eigenvalue weighted by Gasteiger charge is -2.04. The highest BCUT2D eigenvalue weighted by Crippen LogP contribution is 2.26. The summed E-state index contributed by atoms with van der Waals surface area (Å²) in [4.78, 5) is 11.0. The standard InChI is InChI=1S/C11H10Cl2O2/c1-7(5-11(14)15-2)9-6-8(12)3-4-10(9)13/h3-6H,1-2H3/b7-5-. The van der Waals surface area contributed by atoms with Crippen molar-refractivity contribution in [3.8, 4) is 0 Å². The minimum Gasteiger partial charge on any atom is -0.466 e. The maximum absolute atomic E-state index is 11.0. The highest BCUT2D eigenvalue weighted by molar-refractivity contribution is 6.34. The van der Waals surface area contributed by atoms with Gasteiger partial charge in [-0.1, -0.05) is 23.2 Å². The van der Waals surface area contributed by atoms with Crippen LogP contribution in [0, 0.1) is 0 Å². The SMILES string of the molecule is COC(=O)/C=C(/C)c1cc(Cl)ccc1Cl. The van der Waals surface area contributed by atoms with Crippen LogP contribution in [0.15, 0.2) is 24.3 Å². The fourth-order valence-electron chi connectivity index (χ4n) is 1.11. The van der Waals surface area contributed by atoms with Gasteiger partial charge in [-0.05, 0) is 36.3 Å². The second-order valence-electron chi connectivity index (χ2n) is 2.97. The summed E-state index contributed by atoms with van der Waals surface area (Å²) in [7, 11) is 1.33. The third-order valence-electron chi connectivity index (χ3n) is 1.89. The van der Waals surface area contributed by atoms with Crippen LogP contribution in [0.25, 0.3) is 5.57 Å². The molecule has 0 aromatic heterocycles. The zero-order valence-electron chi connectivity index (χ0n) is 8.38. The van der Waals surface area contributed by atoms with Gasteiger partial charge >= 0.3 is 5.97 Å². The van der Waals surface area contributed by atoms with Gasteiger partial charge < -0.3 is 4.74 Å². The summed E-state index contributed by atoms with van der Waals surface area (Å²) in [6, 6.07) is 5.09.